The van der Waals surface area contributed by atoms with E-state index in [4.69, 9.17) is 4.52 Å². The largest absolute Gasteiger partial charge is 0.357 e. The Hall–Kier alpha value is -2.49. The molecule has 0 spiro atoms. The molecule has 1 aliphatic rings. The summed E-state index contributed by atoms with van der Waals surface area (Å²) in [6.07, 6.45) is 2.19. The minimum atomic E-state index is -3.09. The average molecular weight is 407 g/mol. The monoisotopic (exact) mass is 406 g/mol. The van der Waals surface area contributed by atoms with E-state index in [1.807, 2.05) is 30.0 Å². The lowest BCUT2D eigenvalue weighted by Gasteiger charge is -2.39. The first kappa shape index (κ1) is 20.2. The molecular weight excluding hydrogens is 380 g/mol. The first-order valence-electron chi connectivity index (χ1n) is 9.32. The second-order valence-corrected chi connectivity index (χ2v) is 9.96. The van der Waals surface area contributed by atoms with Crippen LogP contribution in [0.1, 0.15) is 26.6 Å². The Morgan fingerprint density at radius 2 is 2.21 bits per heavy atom. The number of aromatic nitrogens is 3. The summed E-state index contributed by atoms with van der Waals surface area (Å²) in [4.78, 5) is 15.2. The summed E-state index contributed by atoms with van der Waals surface area (Å²) in [5, 5.41) is 7.22. The van der Waals surface area contributed by atoms with Crippen LogP contribution in [-0.2, 0) is 16.3 Å². The number of hydrogen-bond donors (Lipinski definition) is 1. The van der Waals surface area contributed by atoms with Crippen LogP contribution >= 0.6 is 0 Å². The van der Waals surface area contributed by atoms with Crippen LogP contribution in [0.4, 0.5) is 0 Å². The molecule has 0 atom stereocenters. The molecule has 3 rings (SSSR count). The molecule has 10 heteroatoms. The number of pyridine rings is 1. The highest BCUT2D eigenvalue weighted by Gasteiger charge is 2.40. The Labute approximate surface area is 165 Å². The van der Waals surface area contributed by atoms with Crippen molar-refractivity contribution in [1.29, 1.82) is 0 Å². The molecule has 2 aromatic rings. The van der Waals surface area contributed by atoms with Gasteiger partial charge in [0.15, 0.2) is 21.6 Å². The van der Waals surface area contributed by atoms with Crippen molar-refractivity contribution in [3.63, 3.8) is 0 Å². The zero-order valence-corrected chi connectivity index (χ0v) is 17.2. The van der Waals surface area contributed by atoms with E-state index in [1.165, 1.54) is 0 Å². The summed E-state index contributed by atoms with van der Waals surface area (Å²) in [5.41, 5.74) is 0.634. The van der Waals surface area contributed by atoms with Gasteiger partial charge >= 0.3 is 0 Å². The van der Waals surface area contributed by atoms with Crippen LogP contribution in [0.15, 0.2) is 33.9 Å². The van der Waals surface area contributed by atoms with E-state index in [9.17, 15) is 8.42 Å². The maximum atomic E-state index is 12.2. The normalized spacial score (nSPS) is 18.8. The lowest BCUT2D eigenvalue weighted by Crippen LogP contribution is -2.57. The van der Waals surface area contributed by atoms with Crippen LogP contribution in [0.5, 0.6) is 0 Å². The van der Waals surface area contributed by atoms with E-state index in [1.54, 1.807) is 20.0 Å². The molecule has 0 aliphatic carbocycles. The maximum absolute atomic E-state index is 12.2. The van der Waals surface area contributed by atoms with Gasteiger partial charge in [0.2, 0.25) is 0 Å². The van der Waals surface area contributed by atoms with Gasteiger partial charge in [-0.05, 0) is 32.9 Å². The molecule has 0 amide bonds. The number of rotatable bonds is 5. The van der Waals surface area contributed by atoms with Gasteiger partial charge in [-0.2, -0.15) is 4.98 Å². The third kappa shape index (κ3) is 4.49. The smallest absolute Gasteiger partial charge is 0.276 e. The number of guanidine groups is 1. The van der Waals surface area contributed by atoms with Crippen molar-refractivity contribution in [3.05, 3.63) is 30.2 Å². The van der Waals surface area contributed by atoms with Crippen LogP contribution in [0.2, 0.25) is 0 Å². The number of hydrogen-bond acceptors (Lipinski definition) is 7. The molecule has 0 unspecified atom stereocenters. The fraction of sp³-hybridized carbons (Fsp3) is 0.556. The van der Waals surface area contributed by atoms with Crippen molar-refractivity contribution in [2.75, 3.05) is 31.9 Å². The van der Waals surface area contributed by atoms with Crippen LogP contribution in [-0.4, -0.2) is 71.1 Å². The Morgan fingerprint density at radius 3 is 2.89 bits per heavy atom. The Balaban J connectivity index is 1.65. The molecule has 0 radical (unpaired) electrons. The quantitative estimate of drug-likeness (QED) is 0.581. The molecular formula is C18H26N6O3S. The second kappa shape index (κ2) is 8.26. The van der Waals surface area contributed by atoms with Gasteiger partial charge in [0, 0.05) is 38.8 Å². The number of nitrogens with one attached hydrogen (secondary N) is 1. The third-order valence-corrected chi connectivity index (χ3v) is 7.16. The number of nitrogens with zero attached hydrogens (tertiary/aromatic N) is 5. The van der Waals surface area contributed by atoms with Gasteiger partial charge in [0.1, 0.15) is 5.69 Å². The highest BCUT2D eigenvalue weighted by atomic mass is 32.2. The van der Waals surface area contributed by atoms with E-state index in [2.05, 4.69) is 25.4 Å². The summed E-state index contributed by atoms with van der Waals surface area (Å²) in [6.45, 7) is 7.52. The van der Waals surface area contributed by atoms with Crippen LogP contribution < -0.4 is 5.32 Å². The van der Waals surface area contributed by atoms with Gasteiger partial charge in [0.25, 0.3) is 5.89 Å². The molecule has 0 saturated carbocycles. The standard InChI is InChI=1S/C18H26N6O3S/c1-4-19-17(24-11-12-28(25,26)18(2,3)13-24)21-10-8-15-22-16(27-23-15)14-7-5-6-9-20-14/h5-7,9H,4,8,10-13H2,1-3H3,(H,19,21). The summed E-state index contributed by atoms with van der Waals surface area (Å²) in [5.74, 6) is 1.78. The van der Waals surface area contributed by atoms with Gasteiger partial charge in [0.05, 0.1) is 10.5 Å². The average Bonchev–Trinajstić information content (AvgIpc) is 3.13. The predicted molar refractivity (Wildman–Crippen MR) is 107 cm³/mol. The minimum absolute atomic E-state index is 0.128. The van der Waals surface area contributed by atoms with Crippen molar-refractivity contribution in [3.8, 4) is 11.6 Å². The highest BCUT2D eigenvalue weighted by molar-refractivity contribution is 7.92. The van der Waals surface area contributed by atoms with Crippen LogP contribution in [0, 0.1) is 0 Å². The molecule has 3 heterocycles. The Kier molecular flexibility index (Phi) is 5.97. The summed E-state index contributed by atoms with van der Waals surface area (Å²) in [6, 6.07) is 5.50. The van der Waals surface area contributed by atoms with E-state index in [-0.39, 0.29) is 5.75 Å². The molecule has 2 aromatic heterocycles. The first-order valence-corrected chi connectivity index (χ1v) is 11.0. The van der Waals surface area contributed by atoms with E-state index >= 15 is 0 Å². The van der Waals surface area contributed by atoms with Crippen molar-refractivity contribution in [1.82, 2.24) is 25.3 Å². The SMILES string of the molecule is CCNC(=NCCc1noc(-c2ccccn2)n1)N1CCS(=O)(=O)C(C)(C)C1. The van der Waals surface area contributed by atoms with E-state index in [0.29, 0.717) is 56.0 Å². The first-order chi connectivity index (χ1) is 13.3. The van der Waals surface area contributed by atoms with Crippen LogP contribution in [0.25, 0.3) is 11.6 Å². The molecule has 1 aliphatic heterocycles. The van der Waals surface area contributed by atoms with Crippen molar-refractivity contribution in [2.24, 2.45) is 4.99 Å². The molecule has 1 fully saturated rings. The molecule has 28 heavy (non-hydrogen) atoms. The molecule has 0 aromatic carbocycles. The Bertz CT molecular complexity index is 924. The van der Waals surface area contributed by atoms with Crippen molar-refractivity contribution >= 4 is 15.8 Å². The summed E-state index contributed by atoms with van der Waals surface area (Å²) < 4.78 is 28.9. The zero-order valence-electron chi connectivity index (χ0n) is 16.4. The second-order valence-electron chi connectivity index (χ2n) is 7.22. The van der Waals surface area contributed by atoms with Gasteiger partial charge in [-0.25, -0.2) is 8.42 Å². The van der Waals surface area contributed by atoms with Gasteiger partial charge in [-0.1, -0.05) is 11.2 Å². The number of sulfone groups is 1. The van der Waals surface area contributed by atoms with E-state index < -0.39 is 14.6 Å². The zero-order chi connectivity index (χ0) is 20.2. The molecule has 1 saturated heterocycles. The van der Waals surface area contributed by atoms with Gasteiger partial charge in [-0.15, -0.1) is 0 Å². The van der Waals surface area contributed by atoms with Gasteiger partial charge < -0.3 is 14.7 Å². The lowest BCUT2D eigenvalue weighted by atomic mass is 10.2. The maximum Gasteiger partial charge on any atom is 0.276 e. The molecule has 1 N–H and O–H groups in total. The van der Waals surface area contributed by atoms with Crippen LogP contribution in [0.3, 0.4) is 0 Å². The predicted octanol–water partition coefficient (Wildman–Crippen LogP) is 1.15. The fourth-order valence-electron chi connectivity index (χ4n) is 2.96. The Morgan fingerprint density at radius 1 is 1.39 bits per heavy atom. The fourth-order valence-corrected chi connectivity index (χ4v) is 4.33. The minimum Gasteiger partial charge on any atom is -0.357 e. The number of aliphatic imine (C=N–C) groups is 1. The molecule has 9 nitrogen and oxygen atoms in total. The summed E-state index contributed by atoms with van der Waals surface area (Å²) >= 11 is 0. The van der Waals surface area contributed by atoms with Crippen molar-refractivity contribution in [2.45, 2.75) is 31.9 Å². The van der Waals surface area contributed by atoms with Gasteiger partial charge in [-0.3, -0.25) is 9.98 Å². The summed E-state index contributed by atoms with van der Waals surface area (Å²) in [7, 11) is -3.09. The van der Waals surface area contributed by atoms with E-state index in [0.717, 1.165) is 0 Å². The topological polar surface area (TPSA) is 114 Å². The molecule has 152 valence electrons. The molecule has 0 bridgehead atoms. The highest BCUT2D eigenvalue weighted by Crippen LogP contribution is 2.23. The van der Waals surface area contributed by atoms with Crippen molar-refractivity contribution < 1.29 is 12.9 Å². The lowest BCUT2D eigenvalue weighted by molar-refractivity contribution is 0.353. The third-order valence-electron chi connectivity index (χ3n) is 4.63.